The van der Waals surface area contributed by atoms with E-state index in [-0.39, 0.29) is 0 Å². The molecule has 0 aliphatic rings. The molecule has 0 bridgehead atoms. The van der Waals surface area contributed by atoms with E-state index in [4.69, 9.17) is 0 Å². The predicted molar refractivity (Wildman–Crippen MR) is 86.3 cm³/mol. The number of aromatic nitrogens is 4. The molecule has 3 aromatic heterocycles. The third-order valence-electron chi connectivity index (χ3n) is 3.02. The van der Waals surface area contributed by atoms with E-state index in [2.05, 4.69) is 27.3 Å². The Morgan fingerprint density at radius 1 is 1.33 bits per heavy atom. The zero-order valence-electron chi connectivity index (χ0n) is 12.1. The number of nitrogens with one attached hydrogen (secondary N) is 1. The molecular weight excluding hydrogens is 282 g/mol. The maximum atomic E-state index is 4.67. The summed E-state index contributed by atoms with van der Waals surface area (Å²) in [6.07, 6.45) is 4.84. The van der Waals surface area contributed by atoms with Gasteiger partial charge in [-0.05, 0) is 17.9 Å². The molecule has 0 unspecified atom stereocenters. The Hall–Kier alpha value is -2.21. The number of thiophene rings is 1. The Morgan fingerprint density at radius 2 is 2.24 bits per heavy atom. The zero-order chi connectivity index (χ0) is 14.7. The molecule has 0 saturated carbocycles. The summed E-state index contributed by atoms with van der Waals surface area (Å²) in [5, 5.41) is 9.59. The van der Waals surface area contributed by atoms with Gasteiger partial charge in [-0.15, -0.1) is 11.3 Å². The minimum absolute atomic E-state index is 0.755. The summed E-state index contributed by atoms with van der Waals surface area (Å²) in [5.41, 5.74) is 1.89. The minimum Gasteiger partial charge on any atom is -0.370 e. The number of anilines is 1. The van der Waals surface area contributed by atoms with Gasteiger partial charge in [-0.25, -0.2) is 9.97 Å². The lowest BCUT2D eigenvalue weighted by Crippen LogP contribution is -2.04. The molecular formula is C15H17N5S. The summed E-state index contributed by atoms with van der Waals surface area (Å²) in [6.45, 7) is 3.03. The van der Waals surface area contributed by atoms with Crippen molar-refractivity contribution in [2.24, 2.45) is 7.05 Å². The highest BCUT2D eigenvalue weighted by Gasteiger charge is 2.10. The van der Waals surface area contributed by atoms with Crippen LogP contribution in [0.25, 0.3) is 22.0 Å². The Balaban J connectivity index is 2.04. The number of aryl methyl sites for hydroxylation is 1. The number of rotatable bonds is 5. The van der Waals surface area contributed by atoms with Gasteiger partial charge >= 0.3 is 0 Å². The van der Waals surface area contributed by atoms with Crippen molar-refractivity contribution in [1.82, 2.24) is 19.7 Å². The second-order valence-corrected chi connectivity index (χ2v) is 5.72. The summed E-state index contributed by atoms with van der Waals surface area (Å²) in [5.74, 6) is 1.61. The molecule has 6 heteroatoms. The first-order valence-corrected chi connectivity index (χ1v) is 7.80. The van der Waals surface area contributed by atoms with Crippen molar-refractivity contribution < 1.29 is 0 Å². The average molecular weight is 299 g/mol. The molecule has 5 nitrogen and oxygen atoms in total. The maximum absolute atomic E-state index is 4.67. The van der Waals surface area contributed by atoms with Crippen LogP contribution in [0, 0.1) is 0 Å². The lowest BCUT2D eigenvalue weighted by atomic mass is 10.2. The smallest absolute Gasteiger partial charge is 0.172 e. The number of hydrogen-bond acceptors (Lipinski definition) is 5. The van der Waals surface area contributed by atoms with Crippen LogP contribution in [0.3, 0.4) is 0 Å². The van der Waals surface area contributed by atoms with E-state index in [0.29, 0.717) is 0 Å². The topological polar surface area (TPSA) is 55.6 Å². The molecule has 21 heavy (non-hydrogen) atoms. The van der Waals surface area contributed by atoms with E-state index in [1.165, 1.54) is 0 Å². The van der Waals surface area contributed by atoms with Crippen molar-refractivity contribution in [3.8, 4) is 22.0 Å². The first kappa shape index (κ1) is 13.8. The van der Waals surface area contributed by atoms with Gasteiger partial charge in [0.2, 0.25) is 0 Å². The highest BCUT2D eigenvalue weighted by atomic mass is 32.1. The zero-order valence-corrected chi connectivity index (χ0v) is 12.9. The third kappa shape index (κ3) is 3.11. The quantitative estimate of drug-likeness (QED) is 0.784. The van der Waals surface area contributed by atoms with Crippen molar-refractivity contribution in [2.75, 3.05) is 11.9 Å². The average Bonchev–Trinajstić information content (AvgIpc) is 3.16. The molecule has 0 radical (unpaired) electrons. The van der Waals surface area contributed by atoms with Crippen molar-refractivity contribution in [1.29, 1.82) is 0 Å². The second-order valence-electron chi connectivity index (χ2n) is 4.77. The number of nitrogens with zero attached hydrogens (tertiary/aromatic N) is 4. The van der Waals surface area contributed by atoms with Crippen LogP contribution in [0.5, 0.6) is 0 Å². The predicted octanol–water partition coefficient (Wildman–Crippen LogP) is 3.43. The van der Waals surface area contributed by atoms with E-state index in [0.717, 1.165) is 40.7 Å². The van der Waals surface area contributed by atoms with Crippen LogP contribution in [0.4, 0.5) is 5.82 Å². The molecule has 0 aromatic carbocycles. The fraction of sp³-hybridized carbons (Fsp3) is 0.267. The van der Waals surface area contributed by atoms with Crippen LogP contribution < -0.4 is 5.32 Å². The lowest BCUT2D eigenvalue weighted by Gasteiger charge is -2.08. The van der Waals surface area contributed by atoms with Gasteiger partial charge in [-0.1, -0.05) is 13.0 Å². The minimum atomic E-state index is 0.755. The van der Waals surface area contributed by atoms with Gasteiger partial charge in [0.1, 0.15) is 5.82 Å². The Morgan fingerprint density at radius 3 is 2.90 bits per heavy atom. The fourth-order valence-corrected chi connectivity index (χ4v) is 2.67. The third-order valence-corrected chi connectivity index (χ3v) is 3.89. The first-order valence-electron chi connectivity index (χ1n) is 6.92. The Labute approximate surface area is 127 Å². The standard InChI is InChI=1S/C15H17N5S/c1-3-6-16-14-8-12(11-9-17-20(2)10-11)18-15(19-14)13-5-4-7-21-13/h4-5,7-10H,3,6H2,1-2H3,(H,16,18,19). The van der Waals surface area contributed by atoms with Gasteiger partial charge in [-0.2, -0.15) is 5.10 Å². The molecule has 0 saturated heterocycles. The highest BCUT2D eigenvalue weighted by Crippen LogP contribution is 2.26. The van der Waals surface area contributed by atoms with Crippen molar-refractivity contribution in [3.05, 3.63) is 36.0 Å². The van der Waals surface area contributed by atoms with Crippen LogP contribution in [-0.4, -0.2) is 26.3 Å². The van der Waals surface area contributed by atoms with Gasteiger partial charge in [0.15, 0.2) is 5.82 Å². The number of hydrogen-bond donors (Lipinski definition) is 1. The van der Waals surface area contributed by atoms with E-state index in [1.54, 1.807) is 16.0 Å². The molecule has 3 rings (SSSR count). The summed E-state index contributed by atoms with van der Waals surface area (Å²) >= 11 is 1.64. The molecule has 0 aliphatic heterocycles. The van der Waals surface area contributed by atoms with Crippen LogP contribution >= 0.6 is 11.3 Å². The van der Waals surface area contributed by atoms with Crippen molar-refractivity contribution >= 4 is 17.2 Å². The van der Waals surface area contributed by atoms with E-state index in [9.17, 15) is 0 Å². The second kappa shape index (κ2) is 6.05. The van der Waals surface area contributed by atoms with Crippen molar-refractivity contribution in [3.63, 3.8) is 0 Å². The van der Waals surface area contributed by atoms with Crippen molar-refractivity contribution in [2.45, 2.75) is 13.3 Å². The van der Waals surface area contributed by atoms with E-state index < -0.39 is 0 Å². The Bertz CT molecular complexity index is 718. The molecule has 3 heterocycles. The largest absolute Gasteiger partial charge is 0.370 e. The van der Waals surface area contributed by atoms with Crippen LogP contribution in [0.1, 0.15) is 13.3 Å². The normalized spacial score (nSPS) is 10.8. The molecule has 108 valence electrons. The summed E-state index contributed by atoms with van der Waals surface area (Å²) in [6, 6.07) is 6.03. The molecule has 0 spiro atoms. The van der Waals surface area contributed by atoms with Gasteiger partial charge in [0.25, 0.3) is 0 Å². The molecule has 1 N–H and O–H groups in total. The van der Waals surface area contributed by atoms with Crippen LogP contribution in [0.15, 0.2) is 36.0 Å². The summed E-state index contributed by atoms with van der Waals surface area (Å²) < 4.78 is 1.78. The first-order chi connectivity index (χ1) is 10.3. The maximum Gasteiger partial charge on any atom is 0.172 e. The lowest BCUT2D eigenvalue weighted by molar-refractivity contribution is 0.768. The Kier molecular flexibility index (Phi) is 3.96. The van der Waals surface area contributed by atoms with Gasteiger partial charge in [-0.3, -0.25) is 4.68 Å². The van der Waals surface area contributed by atoms with Gasteiger partial charge in [0.05, 0.1) is 16.8 Å². The monoisotopic (exact) mass is 299 g/mol. The molecule has 0 atom stereocenters. The fourth-order valence-electron chi connectivity index (χ4n) is 2.01. The van der Waals surface area contributed by atoms with E-state index >= 15 is 0 Å². The SMILES string of the molecule is CCCNc1cc(-c2cnn(C)c2)nc(-c2cccs2)n1. The molecule has 0 aliphatic carbocycles. The van der Waals surface area contributed by atoms with Gasteiger partial charge < -0.3 is 5.32 Å². The summed E-state index contributed by atoms with van der Waals surface area (Å²) in [4.78, 5) is 10.3. The highest BCUT2D eigenvalue weighted by molar-refractivity contribution is 7.13. The van der Waals surface area contributed by atoms with Crippen LogP contribution in [0.2, 0.25) is 0 Å². The molecule has 3 aromatic rings. The van der Waals surface area contributed by atoms with Crippen LogP contribution in [-0.2, 0) is 7.05 Å². The molecule has 0 amide bonds. The van der Waals surface area contributed by atoms with Gasteiger partial charge in [0, 0.05) is 31.4 Å². The van der Waals surface area contributed by atoms with E-state index in [1.807, 2.05) is 43.0 Å². The summed E-state index contributed by atoms with van der Waals surface area (Å²) in [7, 11) is 1.90. The molecule has 0 fully saturated rings.